The molecule has 0 bridgehead atoms. The van der Waals surface area contributed by atoms with Gasteiger partial charge in [0.2, 0.25) is 0 Å². The van der Waals surface area contributed by atoms with E-state index in [-0.39, 0.29) is 0 Å². The number of aromatic nitrogens is 1. The lowest BCUT2D eigenvalue weighted by atomic mass is 9.87. The smallest absolute Gasteiger partial charge is 0.0702 e. The number of benzene rings is 1. The first-order valence-electron chi connectivity index (χ1n) is 6.98. The van der Waals surface area contributed by atoms with E-state index in [1.54, 1.807) is 0 Å². The minimum Gasteiger partial charge on any atom is -0.381 e. The summed E-state index contributed by atoms with van der Waals surface area (Å²) in [7, 11) is 2.04. The highest BCUT2D eigenvalue weighted by Gasteiger charge is 2.24. The predicted molar refractivity (Wildman–Crippen MR) is 77.1 cm³/mol. The van der Waals surface area contributed by atoms with Crippen molar-refractivity contribution >= 4 is 10.9 Å². The maximum absolute atomic E-state index is 5.46. The monoisotopic (exact) mass is 256 g/mol. The molecule has 3 nitrogen and oxygen atoms in total. The van der Waals surface area contributed by atoms with E-state index < -0.39 is 0 Å². The second-order valence-corrected chi connectivity index (χ2v) is 5.18. The molecule has 0 amide bonds. The van der Waals surface area contributed by atoms with Gasteiger partial charge in [-0.15, -0.1) is 0 Å². The highest BCUT2D eigenvalue weighted by molar-refractivity contribution is 5.78. The van der Waals surface area contributed by atoms with E-state index in [0.29, 0.717) is 12.0 Å². The van der Waals surface area contributed by atoms with Crippen molar-refractivity contribution in [3.8, 4) is 0 Å². The van der Waals surface area contributed by atoms with Gasteiger partial charge in [0.1, 0.15) is 0 Å². The molecule has 0 saturated carbocycles. The van der Waals surface area contributed by atoms with Gasteiger partial charge in [-0.3, -0.25) is 4.98 Å². The van der Waals surface area contributed by atoms with Gasteiger partial charge in [0.25, 0.3) is 0 Å². The molecule has 0 radical (unpaired) electrons. The Balaban J connectivity index is 1.91. The van der Waals surface area contributed by atoms with Crippen LogP contribution in [0, 0.1) is 5.92 Å². The zero-order valence-corrected chi connectivity index (χ0v) is 11.3. The Kier molecular flexibility index (Phi) is 3.76. The molecule has 3 rings (SSSR count). The first-order valence-corrected chi connectivity index (χ1v) is 6.98. The van der Waals surface area contributed by atoms with E-state index in [1.807, 2.05) is 19.3 Å². The average molecular weight is 256 g/mol. The van der Waals surface area contributed by atoms with Crippen molar-refractivity contribution in [1.82, 2.24) is 10.3 Å². The van der Waals surface area contributed by atoms with Crippen LogP contribution in [0.3, 0.4) is 0 Å². The van der Waals surface area contributed by atoms with Gasteiger partial charge >= 0.3 is 0 Å². The van der Waals surface area contributed by atoms with Gasteiger partial charge < -0.3 is 10.1 Å². The van der Waals surface area contributed by atoms with Crippen molar-refractivity contribution in [1.29, 1.82) is 0 Å². The normalized spacial score (nSPS) is 18.6. The van der Waals surface area contributed by atoms with Crippen LogP contribution in [0.2, 0.25) is 0 Å². The van der Waals surface area contributed by atoms with Crippen LogP contribution in [0.5, 0.6) is 0 Å². The average Bonchev–Trinajstić information content (AvgIpc) is 2.49. The van der Waals surface area contributed by atoms with Gasteiger partial charge in [-0.1, -0.05) is 18.2 Å². The third-order valence-corrected chi connectivity index (χ3v) is 4.02. The molecule has 0 spiro atoms. The summed E-state index contributed by atoms with van der Waals surface area (Å²) < 4.78 is 5.46. The Morgan fingerprint density at radius 1 is 1.26 bits per heavy atom. The minimum absolute atomic E-state index is 0.376. The maximum atomic E-state index is 5.46. The summed E-state index contributed by atoms with van der Waals surface area (Å²) in [6, 6.07) is 10.9. The Labute approximate surface area is 114 Å². The van der Waals surface area contributed by atoms with Crippen molar-refractivity contribution in [2.45, 2.75) is 18.9 Å². The van der Waals surface area contributed by atoms with E-state index in [0.717, 1.165) is 31.6 Å². The highest BCUT2D eigenvalue weighted by atomic mass is 16.5. The van der Waals surface area contributed by atoms with E-state index in [1.165, 1.54) is 10.9 Å². The number of para-hydroxylation sites is 1. The lowest BCUT2D eigenvalue weighted by Gasteiger charge is -2.30. The van der Waals surface area contributed by atoms with E-state index in [2.05, 4.69) is 34.6 Å². The number of fused-ring (bicyclic) bond motifs is 1. The van der Waals surface area contributed by atoms with Gasteiger partial charge in [0.05, 0.1) is 5.52 Å². The van der Waals surface area contributed by atoms with Gasteiger partial charge in [0, 0.05) is 30.8 Å². The van der Waals surface area contributed by atoms with E-state index in [4.69, 9.17) is 4.74 Å². The molecule has 1 aliphatic heterocycles. The third-order valence-electron chi connectivity index (χ3n) is 4.02. The van der Waals surface area contributed by atoms with E-state index in [9.17, 15) is 0 Å². The van der Waals surface area contributed by atoms with Gasteiger partial charge in [-0.25, -0.2) is 0 Å². The van der Waals surface area contributed by atoms with Crippen LogP contribution >= 0.6 is 0 Å². The van der Waals surface area contributed by atoms with Gasteiger partial charge in [0.15, 0.2) is 0 Å². The Bertz CT molecular complexity index is 549. The summed E-state index contributed by atoms with van der Waals surface area (Å²) in [5.41, 5.74) is 2.35. The molecule has 1 N–H and O–H groups in total. The molecule has 1 aromatic heterocycles. The summed E-state index contributed by atoms with van der Waals surface area (Å²) in [6.07, 6.45) is 4.26. The number of nitrogens with one attached hydrogen (secondary N) is 1. The van der Waals surface area contributed by atoms with Crippen LogP contribution in [-0.4, -0.2) is 25.2 Å². The minimum atomic E-state index is 0.376. The third kappa shape index (κ3) is 2.62. The number of rotatable bonds is 3. The number of ether oxygens (including phenoxy) is 1. The van der Waals surface area contributed by atoms with Crippen molar-refractivity contribution < 1.29 is 4.74 Å². The van der Waals surface area contributed by atoms with Crippen LogP contribution in [0.25, 0.3) is 10.9 Å². The fraction of sp³-hybridized carbons (Fsp3) is 0.438. The Hall–Kier alpha value is -1.45. The molecule has 19 heavy (non-hydrogen) atoms. The van der Waals surface area contributed by atoms with Crippen LogP contribution in [0.15, 0.2) is 36.5 Å². The van der Waals surface area contributed by atoms with Crippen LogP contribution in [0.4, 0.5) is 0 Å². The maximum Gasteiger partial charge on any atom is 0.0702 e. The second kappa shape index (κ2) is 5.68. The number of nitrogens with zero attached hydrogens (tertiary/aromatic N) is 1. The first kappa shape index (κ1) is 12.6. The van der Waals surface area contributed by atoms with Crippen molar-refractivity contribution in [3.63, 3.8) is 0 Å². The number of hydrogen-bond acceptors (Lipinski definition) is 3. The largest absolute Gasteiger partial charge is 0.381 e. The molecule has 1 unspecified atom stereocenters. The van der Waals surface area contributed by atoms with Crippen molar-refractivity contribution in [2.24, 2.45) is 5.92 Å². The SMILES string of the molecule is CNC(c1cnc2ccccc2c1)C1CCOCC1. The summed E-state index contributed by atoms with van der Waals surface area (Å²) in [6.45, 7) is 1.76. The molecule has 1 atom stereocenters. The highest BCUT2D eigenvalue weighted by Crippen LogP contribution is 2.30. The lowest BCUT2D eigenvalue weighted by molar-refractivity contribution is 0.0546. The number of hydrogen-bond donors (Lipinski definition) is 1. The second-order valence-electron chi connectivity index (χ2n) is 5.18. The van der Waals surface area contributed by atoms with Crippen molar-refractivity contribution in [2.75, 3.05) is 20.3 Å². The fourth-order valence-corrected chi connectivity index (χ4v) is 2.98. The van der Waals surface area contributed by atoms with Crippen LogP contribution < -0.4 is 5.32 Å². The topological polar surface area (TPSA) is 34.2 Å². The Morgan fingerprint density at radius 3 is 2.84 bits per heavy atom. The summed E-state index contributed by atoms with van der Waals surface area (Å²) in [4.78, 5) is 4.57. The molecule has 0 aliphatic carbocycles. The molecule has 100 valence electrons. The fourth-order valence-electron chi connectivity index (χ4n) is 2.98. The quantitative estimate of drug-likeness (QED) is 0.917. The van der Waals surface area contributed by atoms with Crippen LogP contribution in [0.1, 0.15) is 24.4 Å². The zero-order valence-electron chi connectivity index (χ0n) is 11.3. The van der Waals surface area contributed by atoms with E-state index >= 15 is 0 Å². The molecule has 2 heterocycles. The molecule has 1 aromatic carbocycles. The molecule has 1 saturated heterocycles. The summed E-state index contributed by atoms with van der Waals surface area (Å²) >= 11 is 0. The predicted octanol–water partition coefficient (Wildman–Crippen LogP) is 2.92. The van der Waals surface area contributed by atoms with Gasteiger partial charge in [-0.2, -0.15) is 0 Å². The summed E-state index contributed by atoms with van der Waals surface area (Å²) in [5, 5.41) is 4.67. The summed E-state index contributed by atoms with van der Waals surface area (Å²) in [5.74, 6) is 0.640. The molecule has 1 fully saturated rings. The molecule has 1 aliphatic rings. The molecule has 3 heteroatoms. The molecule has 2 aromatic rings. The van der Waals surface area contributed by atoms with Gasteiger partial charge in [-0.05, 0) is 43.5 Å². The molecular formula is C16H20N2O. The zero-order chi connectivity index (χ0) is 13.1. The lowest BCUT2D eigenvalue weighted by Crippen LogP contribution is -2.30. The Morgan fingerprint density at radius 2 is 2.05 bits per heavy atom. The van der Waals surface area contributed by atoms with Crippen molar-refractivity contribution in [3.05, 3.63) is 42.1 Å². The first-order chi connectivity index (χ1) is 9.38. The van der Waals surface area contributed by atoms with Crippen LogP contribution in [-0.2, 0) is 4.74 Å². The molecular weight excluding hydrogens is 236 g/mol. The standard InChI is InChI=1S/C16H20N2O/c1-17-16(12-6-8-19-9-7-12)14-10-13-4-2-3-5-15(13)18-11-14/h2-5,10-12,16-17H,6-9H2,1H3. The number of pyridine rings is 1.